The van der Waals surface area contributed by atoms with Gasteiger partial charge in [-0.05, 0) is 0 Å². The number of ether oxygens (including phenoxy) is 1. The summed E-state index contributed by atoms with van der Waals surface area (Å²) < 4.78 is 4.96. The molecule has 1 rings (SSSR count). The maximum Gasteiger partial charge on any atom is 0.242 e. The fourth-order valence-electron chi connectivity index (χ4n) is 1.19. The number of aromatic nitrogens is 2. The van der Waals surface area contributed by atoms with Crippen molar-refractivity contribution >= 4 is 17.4 Å². The third-order valence-corrected chi connectivity index (χ3v) is 2.17. The average Bonchev–Trinajstić information content (AvgIpc) is 2.31. The molecule has 1 amide bonds. The van der Waals surface area contributed by atoms with Crippen LogP contribution in [-0.2, 0) is 4.79 Å². The van der Waals surface area contributed by atoms with Gasteiger partial charge in [-0.25, -0.2) is 4.98 Å². The highest BCUT2D eigenvalue weighted by Crippen LogP contribution is 2.23. The predicted molar refractivity (Wildman–Crippen MR) is 64.8 cm³/mol. The van der Waals surface area contributed by atoms with Gasteiger partial charge in [-0.15, -0.1) is 0 Å². The molecule has 0 atom stereocenters. The van der Waals surface area contributed by atoms with E-state index in [-0.39, 0.29) is 5.91 Å². The number of amides is 1. The second-order valence-corrected chi connectivity index (χ2v) is 3.61. The van der Waals surface area contributed by atoms with E-state index in [1.54, 1.807) is 14.1 Å². The average molecular weight is 239 g/mol. The highest BCUT2D eigenvalue weighted by Gasteiger charge is 2.08. The molecule has 0 radical (unpaired) electrons. The zero-order valence-electron chi connectivity index (χ0n) is 10.2. The van der Waals surface area contributed by atoms with Gasteiger partial charge in [-0.1, -0.05) is 0 Å². The summed E-state index contributed by atoms with van der Waals surface area (Å²) in [4.78, 5) is 20.7. The molecule has 0 fully saturated rings. The van der Waals surface area contributed by atoms with E-state index in [1.165, 1.54) is 18.3 Å². The number of carbonyl (C=O) groups excluding carboxylic acids is 1. The van der Waals surface area contributed by atoms with Gasteiger partial charge in [0, 0.05) is 27.1 Å². The molecule has 1 aromatic rings. The van der Waals surface area contributed by atoms with Crippen molar-refractivity contribution in [1.82, 2.24) is 14.9 Å². The molecule has 0 saturated carbocycles. The minimum atomic E-state index is 0.0390. The van der Waals surface area contributed by atoms with Crippen molar-refractivity contribution < 1.29 is 9.53 Å². The molecular formula is C10H17N5O2. The summed E-state index contributed by atoms with van der Waals surface area (Å²) in [5, 5.41) is 2.97. The van der Waals surface area contributed by atoms with Gasteiger partial charge in [0.2, 0.25) is 11.8 Å². The number of nitrogens with one attached hydrogen (secondary N) is 1. The predicted octanol–water partition coefficient (Wildman–Crippen LogP) is -0.0424. The minimum absolute atomic E-state index is 0.0390. The number of anilines is 2. The quantitative estimate of drug-likeness (QED) is 0.748. The van der Waals surface area contributed by atoms with E-state index in [0.29, 0.717) is 30.4 Å². The fraction of sp³-hybridized carbons (Fsp3) is 0.500. The van der Waals surface area contributed by atoms with Crippen molar-refractivity contribution in [2.75, 3.05) is 38.8 Å². The number of hydrogen-bond acceptors (Lipinski definition) is 6. The van der Waals surface area contributed by atoms with Crippen molar-refractivity contribution in [1.29, 1.82) is 0 Å². The highest BCUT2D eigenvalue weighted by atomic mass is 16.5. The van der Waals surface area contributed by atoms with E-state index in [9.17, 15) is 4.79 Å². The first-order chi connectivity index (χ1) is 8.06. The van der Waals surface area contributed by atoms with Crippen molar-refractivity contribution in [3.05, 3.63) is 6.33 Å². The SMILES string of the molecule is COc1ncnc(NCCC(=O)N(C)C)c1N. The molecule has 0 unspecified atom stereocenters. The van der Waals surface area contributed by atoms with Crippen LogP contribution in [0.25, 0.3) is 0 Å². The lowest BCUT2D eigenvalue weighted by Crippen LogP contribution is -2.24. The molecule has 1 heterocycles. The number of nitrogens with zero attached hydrogens (tertiary/aromatic N) is 3. The molecule has 0 bridgehead atoms. The maximum absolute atomic E-state index is 11.3. The van der Waals surface area contributed by atoms with Crippen molar-refractivity contribution in [2.45, 2.75) is 6.42 Å². The zero-order chi connectivity index (χ0) is 12.8. The van der Waals surface area contributed by atoms with E-state index in [0.717, 1.165) is 0 Å². The van der Waals surface area contributed by atoms with Crippen LogP contribution in [0.4, 0.5) is 11.5 Å². The smallest absolute Gasteiger partial charge is 0.242 e. The summed E-state index contributed by atoms with van der Waals surface area (Å²) >= 11 is 0. The monoisotopic (exact) mass is 239 g/mol. The van der Waals surface area contributed by atoms with E-state index in [4.69, 9.17) is 10.5 Å². The zero-order valence-corrected chi connectivity index (χ0v) is 10.2. The third kappa shape index (κ3) is 3.47. The van der Waals surface area contributed by atoms with Crippen LogP contribution in [0.15, 0.2) is 6.33 Å². The van der Waals surface area contributed by atoms with Crippen molar-refractivity contribution in [3.8, 4) is 5.88 Å². The van der Waals surface area contributed by atoms with Crippen LogP contribution in [0.1, 0.15) is 6.42 Å². The van der Waals surface area contributed by atoms with E-state index >= 15 is 0 Å². The fourth-order valence-corrected chi connectivity index (χ4v) is 1.19. The van der Waals surface area contributed by atoms with Crippen LogP contribution >= 0.6 is 0 Å². The van der Waals surface area contributed by atoms with Crippen LogP contribution in [-0.4, -0.2) is 48.5 Å². The summed E-state index contributed by atoms with van der Waals surface area (Å²) in [5.74, 6) is 0.835. The number of carbonyl (C=O) groups is 1. The second-order valence-electron chi connectivity index (χ2n) is 3.61. The Hall–Kier alpha value is -2.05. The largest absolute Gasteiger partial charge is 0.479 e. The molecule has 3 N–H and O–H groups in total. The lowest BCUT2D eigenvalue weighted by atomic mass is 10.3. The van der Waals surface area contributed by atoms with Gasteiger partial charge in [0.05, 0.1) is 7.11 Å². The molecule has 0 saturated heterocycles. The molecule has 0 aliphatic heterocycles. The number of methoxy groups -OCH3 is 1. The Bertz CT molecular complexity index is 394. The summed E-state index contributed by atoms with van der Waals surface area (Å²) in [7, 11) is 4.91. The van der Waals surface area contributed by atoms with Crippen LogP contribution in [0.2, 0.25) is 0 Å². The van der Waals surface area contributed by atoms with Gasteiger partial charge in [0.1, 0.15) is 12.0 Å². The first kappa shape index (κ1) is 13.0. The minimum Gasteiger partial charge on any atom is -0.479 e. The molecule has 7 nitrogen and oxygen atoms in total. The highest BCUT2D eigenvalue weighted by molar-refractivity contribution is 5.76. The molecular weight excluding hydrogens is 222 g/mol. The topological polar surface area (TPSA) is 93.4 Å². The normalized spacial score (nSPS) is 9.82. The summed E-state index contributed by atoms with van der Waals surface area (Å²) in [6, 6.07) is 0. The van der Waals surface area contributed by atoms with Gasteiger partial charge < -0.3 is 20.7 Å². The Morgan fingerprint density at radius 2 is 2.24 bits per heavy atom. The van der Waals surface area contributed by atoms with Gasteiger partial charge in [-0.2, -0.15) is 4.98 Å². The molecule has 1 aromatic heterocycles. The Labute approximate surface area is 100.0 Å². The van der Waals surface area contributed by atoms with Crippen LogP contribution in [0, 0.1) is 0 Å². The van der Waals surface area contributed by atoms with E-state index in [1.807, 2.05) is 0 Å². The Morgan fingerprint density at radius 3 is 2.82 bits per heavy atom. The van der Waals surface area contributed by atoms with Crippen LogP contribution < -0.4 is 15.8 Å². The Morgan fingerprint density at radius 1 is 1.53 bits per heavy atom. The maximum atomic E-state index is 11.3. The molecule has 0 spiro atoms. The van der Waals surface area contributed by atoms with E-state index in [2.05, 4.69) is 15.3 Å². The van der Waals surface area contributed by atoms with Crippen LogP contribution in [0.5, 0.6) is 5.88 Å². The number of nitrogens with two attached hydrogens (primary N) is 1. The lowest BCUT2D eigenvalue weighted by Gasteiger charge is -2.12. The molecule has 94 valence electrons. The molecule has 0 aromatic carbocycles. The summed E-state index contributed by atoms with van der Waals surface area (Å²) in [6.45, 7) is 0.460. The molecule has 0 aliphatic carbocycles. The van der Waals surface area contributed by atoms with Gasteiger partial charge in [0.25, 0.3) is 0 Å². The lowest BCUT2D eigenvalue weighted by molar-refractivity contribution is -0.128. The second kappa shape index (κ2) is 5.88. The van der Waals surface area contributed by atoms with E-state index < -0.39 is 0 Å². The first-order valence-electron chi connectivity index (χ1n) is 5.14. The molecule has 7 heteroatoms. The van der Waals surface area contributed by atoms with Gasteiger partial charge in [0.15, 0.2) is 5.82 Å². The summed E-state index contributed by atoms with van der Waals surface area (Å²) in [6.07, 6.45) is 1.73. The molecule has 0 aliphatic rings. The third-order valence-electron chi connectivity index (χ3n) is 2.17. The standard InChI is InChI=1S/C10H17N5O2/c1-15(2)7(16)4-5-12-9-8(11)10(17-3)14-6-13-9/h6H,4-5,11H2,1-3H3,(H,12,13,14). The Balaban J connectivity index is 2.55. The van der Waals surface area contributed by atoms with Gasteiger partial charge in [-0.3, -0.25) is 4.79 Å². The first-order valence-corrected chi connectivity index (χ1v) is 5.14. The summed E-state index contributed by atoms with van der Waals surface area (Å²) in [5.41, 5.74) is 6.10. The van der Waals surface area contributed by atoms with Gasteiger partial charge >= 0.3 is 0 Å². The Kier molecular flexibility index (Phi) is 4.50. The van der Waals surface area contributed by atoms with Crippen molar-refractivity contribution in [3.63, 3.8) is 0 Å². The van der Waals surface area contributed by atoms with Crippen molar-refractivity contribution in [2.24, 2.45) is 0 Å². The number of rotatable bonds is 5. The number of nitrogen functional groups attached to an aromatic ring is 1. The van der Waals surface area contributed by atoms with Crippen LogP contribution in [0.3, 0.4) is 0 Å². The molecule has 17 heavy (non-hydrogen) atoms. The number of hydrogen-bond donors (Lipinski definition) is 2.